The fourth-order valence-corrected chi connectivity index (χ4v) is 3.95. The molecule has 3 rings (SSSR count). The van der Waals surface area contributed by atoms with Gasteiger partial charge in [-0.2, -0.15) is 0 Å². The molecule has 10 heteroatoms. The van der Waals surface area contributed by atoms with Crippen molar-refractivity contribution in [1.82, 2.24) is 30.4 Å². The molecule has 2 aromatic rings. The predicted molar refractivity (Wildman–Crippen MR) is 113 cm³/mol. The van der Waals surface area contributed by atoms with Crippen molar-refractivity contribution in [3.8, 4) is 5.69 Å². The number of rotatable bonds is 6. The van der Waals surface area contributed by atoms with Crippen LogP contribution in [0.4, 0.5) is 0 Å². The number of tetrazole rings is 1. The molecular weight excluding hydrogens is 406 g/mol. The van der Waals surface area contributed by atoms with Gasteiger partial charge in [-0.1, -0.05) is 32.4 Å². The van der Waals surface area contributed by atoms with E-state index in [1.165, 1.54) is 6.33 Å². The standard InChI is InChI=1S/C20H28ClN7O2/c1-20(2,3)10-15(22)18(29)24-19(30)17-5-4-8-27(17)11-13-9-14(21)6-7-16(13)28-12-23-25-26-28/h6-7,9,12,15,17H,4-5,8,10-11,22H2,1-3H3,(H,24,29,30)/t15-,17+/m1/s1. The molecule has 1 aromatic heterocycles. The second kappa shape index (κ2) is 9.20. The Balaban J connectivity index is 1.70. The molecule has 30 heavy (non-hydrogen) atoms. The first-order valence-electron chi connectivity index (χ1n) is 10.0. The Kier molecular flexibility index (Phi) is 6.84. The Morgan fingerprint density at radius 1 is 1.37 bits per heavy atom. The van der Waals surface area contributed by atoms with Gasteiger partial charge in [-0.25, -0.2) is 4.68 Å². The second-order valence-corrected chi connectivity index (χ2v) is 9.32. The van der Waals surface area contributed by atoms with E-state index in [2.05, 4.69) is 20.8 Å². The van der Waals surface area contributed by atoms with Gasteiger partial charge in [0.1, 0.15) is 6.33 Å². The van der Waals surface area contributed by atoms with Gasteiger partial charge in [-0.3, -0.25) is 19.8 Å². The van der Waals surface area contributed by atoms with Crippen molar-refractivity contribution in [2.45, 2.75) is 58.7 Å². The van der Waals surface area contributed by atoms with Gasteiger partial charge in [0.25, 0.3) is 0 Å². The van der Waals surface area contributed by atoms with Crippen LogP contribution in [0.15, 0.2) is 24.5 Å². The molecule has 0 radical (unpaired) electrons. The first-order chi connectivity index (χ1) is 14.1. The molecular formula is C20H28ClN7O2. The molecule has 0 unspecified atom stereocenters. The number of carbonyl (C=O) groups excluding carboxylic acids is 2. The summed E-state index contributed by atoms with van der Waals surface area (Å²) in [6.45, 7) is 7.24. The van der Waals surface area contributed by atoms with Crippen LogP contribution in [0.2, 0.25) is 5.02 Å². The smallest absolute Gasteiger partial charge is 0.243 e. The zero-order valence-electron chi connectivity index (χ0n) is 17.5. The highest BCUT2D eigenvalue weighted by Crippen LogP contribution is 2.25. The largest absolute Gasteiger partial charge is 0.320 e. The van der Waals surface area contributed by atoms with Crippen molar-refractivity contribution >= 4 is 23.4 Å². The molecule has 0 bridgehead atoms. The SMILES string of the molecule is CC(C)(C)C[C@@H](N)C(=O)NC(=O)[C@@H]1CCCN1Cc1cc(Cl)ccc1-n1cnnn1. The summed E-state index contributed by atoms with van der Waals surface area (Å²) in [5, 5.41) is 14.4. The van der Waals surface area contributed by atoms with E-state index in [-0.39, 0.29) is 11.3 Å². The molecule has 0 spiro atoms. The normalized spacial score (nSPS) is 18.4. The quantitative estimate of drug-likeness (QED) is 0.711. The number of hydrogen-bond donors (Lipinski definition) is 2. The van der Waals surface area contributed by atoms with Gasteiger partial charge >= 0.3 is 0 Å². The molecule has 9 nitrogen and oxygen atoms in total. The zero-order valence-corrected chi connectivity index (χ0v) is 18.3. The predicted octanol–water partition coefficient (Wildman–Crippen LogP) is 1.69. The van der Waals surface area contributed by atoms with Crippen molar-refractivity contribution in [2.75, 3.05) is 6.54 Å². The monoisotopic (exact) mass is 433 g/mol. The molecule has 1 aliphatic heterocycles. The number of nitrogens with one attached hydrogen (secondary N) is 1. The minimum Gasteiger partial charge on any atom is -0.320 e. The average Bonchev–Trinajstić information content (AvgIpc) is 3.32. The Hall–Kier alpha value is -2.36. The highest BCUT2D eigenvalue weighted by atomic mass is 35.5. The molecule has 1 fully saturated rings. The summed E-state index contributed by atoms with van der Waals surface area (Å²) in [4.78, 5) is 27.2. The summed E-state index contributed by atoms with van der Waals surface area (Å²) in [5.41, 5.74) is 7.57. The van der Waals surface area contributed by atoms with Gasteiger partial charge in [-0.15, -0.1) is 5.10 Å². The van der Waals surface area contributed by atoms with E-state index in [1.54, 1.807) is 10.7 Å². The number of hydrogen-bond acceptors (Lipinski definition) is 7. The van der Waals surface area contributed by atoms with E-state index in [4.69, 9.17) is 17.3 Å². The maximum atomic E-state index is 12.8. The van der Waals surface area contributed by atoms with E-state index in [9.17, 15) is 9.59 Å². The topological polar surface area (TPSA) is 119 Å². The van der Waals surface area contributed by atoms with E-state index < -0.39 is 18.0 Å². The maximum absolute atomic E-state index is 12.8. The van der Waals surface area contributed by atoms with Crippen LogP contribution < -0.4 is 11.1 Å². The molecule has 1 aromatic carbocycles. The van der Waals surface area contributed by atoms with Gasteiger partial charge < -0.3 is 5.73 Å². The van der Waals surface area contributed by atoms with Crippen LogP contribution in [0.25, 0.3) is 5.69 Å². The van der Waals surface area contributed by atoms with Gasteiger partial charge in [0.15, 0.2) is 0 Å². The average molecular weight is 434 g/mol. The van der Waals surface area contributed by atoms with Crippen molar-refractivity contribution in [3.05, 3.63) is 35.1 Å². The van der Waals surface area contributed by atoms with E-state index in [0.717, 1.165) is 24.2 Å². The van der Waals surface area contributed by atoms with Crippen molar-refractivity contribution in [3.63, 3.8) is 0 Å². The van der Waals surface area contributed by atoms with Crippen LogP contribution in [0, 0.1) is 5.41 Å². The van der Waals surface area contributed by atoms with Crippen LogP contribution in [-0.4, -0.2) is 55.5 Å². The molecule has 3 N–H and O–H groups in total. The third kappa shape index (κ3) is 5.62. The van der Waals surface area contributed by atoms with Gasteiger partial charge in [0.2, 0.25) is 11.8 Å². The Bertz CT molecular complexity index is 895. The van der Waals surface area contributed by atoms with Crippen molar-refractivity contribution < 1.29 is 9.59 Å². The number of halogens is 1. The highest BCUT2D eigenvalue weighted by molar-refractivity contribution is 6.30. The summed E-state index contributed by atoms with van der Waals surface area (Å²) in [6.07, 6.45) is 3.55. The second-order valence-electron chi connectivity index (χ2n) is 8.88. The number of aromatic nitrogens is 4. The molecule has 2 heterocycles. The van der Waals surface area contributed by atoms with Gasteiger partial charge in [0, 0.05) is 11.6 Å². The molecule has 162 valence electrons. The first kappa shape index (κ1) is 22.3. The van der Waals surface area contributed by atoms with Crippen LogP contribution >= 0.6 is 11.6 Å². The van der Waals surface area contributed by atoms with Crippen LogP contribution in [0.5, 0.6) is 0 Å². The lowest BCUT2D eigenvalue weighted by atomic mass is 9.88. The van der Waals surface area contributed by atoms with Crippen molar-refractivity contribution in [1.29, 1.82) is 0 Å². The summed E-state index contributed by atoms with van der Waals surface area (Å²) in [5.74, 6) is -0.744. The molecule has 2 amide bonds. The zero-order chi connectivity index (χ0) is 21.9. The lowest BCUT2D eigenvalue weighted by molar-refractivity contribution is -0.134. The third-order valence-electron chi connectivity index (χ3n) is 5.09. The minimum atomic E-state index is -0.719. The number of nitrogens with two attached hydrogens (primary N) is 1. The van der Waals surface area contributed by atoms with E-state index in [0.29, 0.717) is 24.4 Å². The number of imide groups is 1. The summed E-state index contributed by atoms with van der Waals surface area (Å²) in [7, 11) is 0. The number of nitrogens with zero attached hydrogens (tertiary/aromatic N) is 5. The summed E-state index contributed by atoms with van der Waals surface area (Å²) < 4.78 is 1.56. The van der Waals surface area contributed by atoms with Crippen molar-refractivity contribution in [2.24, 2.45) is 11.1 Å². The summed E-state index contributed by atoms with van der Waals surface area (Å²) in [6, 6.07) is 4.33. The molecule has 1 aliphatic rings. The Morgan fingerprint density at radius 3 is 2.80 bits per heavy atom. The highest BCUT2D eigenvalue weighted by Gasteiger charge is 2.33. The number of amides is 2. The van der Waals surface area contributed by atoms with E-state index >= 15 is 0 Å². The third-order valence-corrected chi connectivity index (χ3v) is 5.33. The molecule has 1 saturated heterocycles. The first-order valence-corrected chi connectivity index (χ1v) is 10.4. The van der Waals surface area contributed by atoms with E-state index in [1.807, 2.05) is 37.8 Å². The molecule has 0 saturated carbocycles. The van der Waals surface area contributed by atoms with Crippen LogP contribution in [0.1, 0.15) is 45.6 Å². The fourth-order valence-electron chi connectivity index (χ4n) is 3.76. The molecule has 0 aliphatic carbocycles. The number of carbonyl (C=O) groups is 2. The Labute approximate surface area is 180 Å². The van der Waals surface area contributed by atoms with Crippen LogP contribution in [-0.2, 0) is 16.1 Å². The summed E-state index contributed by atoms with van der Waals surface area (Å²) >= 11 is 6.20. The fraction of sp³-hybridized carbons (Fsp3) is 0.550. The minimum absolute atomic E-state index is 0.0988. The van der Waals surface area contributed by atoms with Gasteiger partial charge in [-0.05, 0) is 65.4 Å². The lowest BCUT2D eigenvalue weighted by Gasteiger charge is -2.26. The maximum Gasteiger partial charge on any atom is 0.243 e. The Morgan fingerprint density at radius 2 is 2.13 bits per heavy atom. The lowest BCUT2D eigenvalue weighted by Crippen LogP contribution is -2.50. The molecule has 2 atom stereocenters. The van der Waals surface area contributed by atoms with Gasteiger partial charge in [0.05, 0.1) is 17.8 Å². The number of benzene rings is 1. The van der Waals surface area contributed by atoms with Crippen LogP contribution in [0.3, 0.4) is 0 Å². The number of likely N-dealkylation sites (tertiary alicyclic amines) is 1.